The second kappa shape index (κ2) is 5.65. The number of benzene rings is 1. The lowest BCUT2D eigenvalue weighted by atomic mass is 10.2. The van der Waals surface area contributed by atoms with E-state index in [0.29, 0.717) is 5.88 Å². The Kier molecular flexibility index (Phi) is 3.95. The molecule has 1 heterocycles. The van der Waals surface area contributed by atoms with Gasteiger partial charge in [-0.1, -0.05) is 12.1 Å². The Labute approximate surface area is 108 Å². The first-order chi connectivity index (χ1) is 8.69. The average molecular weight is 242 g/mol. The summed E-state index contributed by atoms with van der Waals surface area (Å²) in [5, 5.41) is 3.11. The molecule has 0 aliphatic carbocycles. The van der Waals surface area contributed by atoms with Gasteiger partial charge in [0.1, 0.15) is 5.75 Å². The fraction of sp³-hybridized carbons (Fsp3) is 0.267. The van der Waals surface area contributed by atoms with Crippen molar-refractivity contribution in [2.75, 3.05) is 7.05 Å². The summed E-state index contributed by atoms with van der Waals surface area (Å²) in [5.74, 6) is 1.49. The summed E-state index contributed by atoms with van der Waals surface area (Å²) in [7, 11) is 1.92. The summed E-state index contributed by atoms with van der Waals surface area (Å²) in [4.78, 5) is 4.36. The minimum Gasteiger partial charge on any atom is -0.439 e. The number of hydrogen-bond acceptors (Lipinski definition) is 3. The Hall–Kier alpha value is -1.87. The second-order valence-electron chi connectivity index (χ2n) is 4.41. The van der Waals surface area contributed by atoms with Crippen molar-refractivity contribution in [2.24, 2.45) is 0 Å². The highest BCUT2D eigenvalue weighted by Crippen LogP contribution is 2.23. The molecule has 0 atom stereocenters. The Morgan fingerprint density at radius 3 is 2.72 bits per heavy atom. The van der Waals surface area contributed by atoms with E-state index in [0.717, 1.165) is 23.4 Å². The third-order valence-corrected chi connectivity index (χ3v) is 2.67. The maximum absolute atomic E-state index is 5.79. The van der Waals surface area contributed by atoms with Gasteiger partial charge in [0, 0.05) is 18.3 Å². The highest BCUT2D eigenvalue weighted by molar-refractivity contribution is 5.35. The molecule has 0 spiro atoms. The molecule has 18 heavy (non-hydrogen) atoms. The molecule has 94 valence electrons. The zero-order valence-corrected chi connectivity index (χ0v) is 11.0. The summed E-state index contributed by atoms with van der Waals surface area (Å²) in [5.41, 5.74) is 3.38. The van der Waals surface area contributed by atoms with Crippen LogP contribution in [0.2, 0.25) is 0 Å². The van der Waals surface area contributed by atoms with E-state index in [1.54, 1.807) is 0 Å². The Balaban J connectivity index is 2.19. The first-order valence-electron chi connectivity index (χ1n) is 6.03. The van der Waals surface area contributed by atoms with E-state index in [-0.39, 0.29) is 0 Å². The molecule has 0 unspecified atom stereocenters. The smallest absolute Gasteiger partial charge is 0.222 e. The largest absolute Gasteiger partial charge is 0.439 e. The van der Waals surface area contributed by atoms with Crippen molar-refractivity contribution in [3.63, 3.8) is 0 Å². The lowest BCUT2D eigenvalue weighted by Crippen LogP contribution is -2.06. The molecule has 1 N–H and O–H groups in total. The molecule has 0 radical (unpaired) electrons. The van der Waals surface area contributed by atoms with Gasteiger partial charge < -0.3 is 10.1 Å². The predicted molar refractivity (Wildman–Crippen MR) is 73.0 cm³/mol. The van der Waals surface area contributed by atoms with Crippen LogP contribution in [-0.2, 0) is 6.54 Å². The van der Waals surface area contributed by atoms with Crippen LogP contribution in [0.3, 0.4) is 0 Å². The van der Waals surface area contributed by atoms with Crippen LogP contribution < -0.4 is 10.1 Å². The fourth-order valence-electron chi connectivity index (χ4n) is 1.82. The molecular formula is C15H18N2O. The Morgan fingerprint density at radius 1 is 1.22 bits per heavy atom. The molecule has 0 saturated carbocycles. The van der Waals surface area contributed by atoms with Crippen LogP contribution in [0.15, 0.2) is 36.5 Å². The van der Waals surface area contributed by atoms with Gasteiger partial charge in [0.15, 0.2) is 0 Å². The quantitative estimate of drug-likeness (QED) is 0.894. The molecule has 2 aromatic rings. The van der Waals surface area contributed by atoms with E-state index in [4.69, 9.17) is 4.74 Å². The molecule has 2 rings (SSSR count). The maximum atomic E-state index is 5.79. The number of hydrogen-bond donors (Lipinski definition) is 1. The van der Waals surface area contributed by atoms with E-state index in [1.165, 1.54) is 5.56 Å². The van der Waals surface area contributed by atoms with E-state index in [2.05, 4.69) is 16.4 Å². The number of aryl methyl sites for hydroxylation is 2. The van der Waals surface area contributed by atoms with Crippen LogP contribution in [0.4, 0.5) is 0 Å². The standard InChI is InChI=1S/C15H18N2O/c1-11-5-4-6-14(7-11)18-15-12(2)8-13(9-16-3)10-17-15/h4-8,10,16H,9H2,1-3H3. The molecule has 0 aliphatic heterocycles. The van der Waals surface area contributed by atoms with E-state index >= 15 is 0 Å². The number of ether oxygens (including phenoxy) is 1. The normalized spacial score (nSPS) is 10.4. The van der Waals surface area contributed by atoms with Gasteiger partial charge in [0.2, 0.25) is 5.88 Å². The van der Waals surface area contributed by atoms with Crippen LogP contribution in [-0.4, -0.2) is 12.0 Å². The zero-order valence-electron chi connectivity index (χ0n) is 11.0. The van der Waals surface area contributed by atoms with E-state index in [1.807, 2.05) is 51.4 Å². The third kappa shape index (κ3) is 3.08. The first-order valence-corrected chi connectivity index (χ1v) is 6.03. The molecule has 0 saturated heterocycles. The highest BCUT2D eigenvalue weighted by atomic mass is 16.5. The van der Waals surface area contributed by atoms with Crippen molar-refractivity contribution in [3.8, 4) is 11.6 Å². The minimum atomic E-state index is 0.667. The number of pyridine rings is 1. The number of nitrogens with one attached hydrogen (secondary N) is 1. The van der Waals surface area contributed by atoms with Crippen molar-refractivity contribution in [2.45, 2.75) is 20.4 Å². The summed E-state index contributed by atoms with van der Waals surface area (Å²) < 4.78 is 5.79. The van der Waals surface area contributed by atoms with Gasteiger partial charge in [-0.3, -0.25) is 0 Å². The number of nitrogens with zero attached hydrogens (tertiary/aromatic N) is 1. The number of rotatable bonds is 4. The SMILES string of the molecule is CNCc1cnc(Oc2cccc(C)c2)c(C)c1. The molecule has 0 amide bonds. The van der Waals surface area contributed by atoms with Crippen LogP contribution in [0.5, 0.6) is 11.6 Å². The summed E-state index contributed by atoms with van der Waals surface area (Å²) in [6.45, 7) is 4.87. The van der Waals surface area contributed by atoms with Crippen LogP contribution in [0.25, 0.3) is 0 Å². The van der Waals surface area contributed by atoms with Gasteiger partial charge >= 0.3 is 0 Å². The highest BCUT2D eigenvalue weighted by Gasteiger charge is 2.04. The van der Waals surface area contributed by atoms with Crippen LogP contribution in [0, 0.1) is 13.8 Å². The minimum absolute atomic E-state index is 0.667. The van der Waals surface area contributed by atoms with Gasteiger partial charge in [0.05, 0.1) is 0 Å². The van der Waals surface area contributed by atoms with Gasteiger partial charge in [-0.05, 0) is 50.2 Å². The third-order valence-electron chi connectivity index (χ3n) is 2.67. The fourth-order valence-corrected chi connectivity index (χ4v) is 1.82. The van der Waals surface area contributed by atoms with Crippen molar-refractivity contribution in [3.05, 3.63) is 53.2 Å². The summed E-state index contributed by atoms with van der Waals surface area (Å²) in [6.07, 6.45) is 1.84. The predicted octanol–water partition coefficient (Wildman–Crippen LogP) is 3.21. The molecule has 0 fully saturated rings. The molecule has 1 aromatic heterocycles. The summed E-state index contributed by atoms with van der Waals surface area (Å²) >= 11 is 0. The van der Waals surface area contributed by atoms with Gasteiger partial charge in [-0.25, -0.2) is 4.98 Å². The lowest BCUT2D eigenvalue weighted by molar-refractivity contribution is 0.458. The van der Waals surface area contributed by atoms with Crippen molar-refractivity contribution in [1.82, 2.24) is 10.3 Å². The topological polar surface area (TPSA) is 34.2 Å². The Bertz CT molecular complexity index is 538. The summed E-state index contributed by atoms with van der Waals surface area (Å²) in [6, 6.07) is 10.1. The first kappa shape index (κ1) is 12.6. The monoisotopic (exact) mass is 242 g/mol. The van der Waals surface area contributed by atoms with Crippen molar-refractivity contribution in [1.29, 1.82) is 0 Å². The van der Waals surface area contributed by atoms with Crippen LogP contribution in [0.1, 0.15) is 16.7 Å². The average Bonchev–Trinajstić information content (AvgIpc) is 2.33. The molecule has 0 bridgehead atoms. The molecular weight excluding hydrogens is 224 g/mol. The number of aromatic nitrogens is 1. The molecule has 3 heteroatoms. The van der Waals surface area contributed by atoms with Gasteiger partial charge in [-0.15, -0.1) is 0 Å². The van der Waals surface area contributed by atoms with Crippen LogP contribution >= 0.6 is 0 Å². The molecule has 0 aliphatic rings. The molecule has 3 nitrogen and oxygen atoms in total. The maximum Gasteiger partial charge on any atom is 0.222 e. The zero-order chi connectivity index (χ0) is 13.0. The van der Waals surface area contributed by atoms with Gasteiger partial charge in [-0.2, -0.15) is 0 Å². The van der Waals surface area contributed by atoms with Crippen molar-refractivity contribution >= 4 is 0 Å². The van der Waals surface area contributed by atoms with Crippen molar-refractivity contribution < 1.29 is 4.74 Å². The second-order valence-corrected chi connectivity index (χ2v) is 4.41. The Morgan fingerprint density at radius 2 is 2.06 bits per heavy atom. The molecule has 1 aromatic carbocycles. The van der Waals surface area contributed by atoms with E-state index in [9.17, 15) is 0 Å². The lowest BCUT2D eigenvalue weighted by Gasteiger charge is -2.09. The van der Waals surface area contributed by atoms with Gasteiger partial charge in [0.25, 0.3) is 0 Å². The van der Waals surface area contributed by atoms with E-state index < -0.39 is 0 Å².